The summed E-state index contributed by atoms with van der Waals surface area (Å²) in [5.41, 5.74) is 1.07. The summed E-state index contributed by atoms with van der Waals surface area (Å²) in [6.07, 6.45) is 0. The molecule has 0 atom stereocenters. The molecule has 1 aromatic rings. The predicted molar refractivity (Wildman–Crippen MR) is 58.6 cm³/mol. The second kappa shape index (κ2) is 5.77. The van der Waals surface area contributed by atoms with Crippen molar-refractivity contribution in [3.8, 4) is 0 Å². The highest BCUT2D eigenvalue weighted by Crippen LogP contribution is 2.14. The first-order valence-electron chi connectivity index (χ1n) is 4.17. The summed E-state index contributed by atoms with van der Waals surface area (Å²) in [4.78, 5) is 21.4. The van der Waals surface area contributed by atoms with Gasteiger partial charge in [0.2, 0.25) is 0 Å². The summed E-state index contributed by atoms with van der Waals surface area (Å²) in [5.74, 6) is -1.04. The average Bonchev–Trinajstić information content (AvgIpc) is 2.15. The zero-order valence-corrected chi connectivity index (χ0v) is 8.78. The molecule has 0 aliphatic heterocycles. The number of Topliss-reactive ketones (excluding diaryl/α,β-unsaturated/α-hetero) is 1. The number of hydrogen-bond acceptors (Lipinski definition) is 3. The van der Waals surface area contributed by atoms with Crippen molar-refractivity contribution in [3.63, 3.8) is 0 Å². The van der Waals surface area contributed by atoms with Crippen LogP contribution >= 0.6 is 0 Å². The van der Waals surface area contributed by atoms with Crippen LogP contribution in [0.15, 0.2) is 24.3 Å². The van der Waals surface area contributed by atoms with Gasteiger partial charge in [-0.25, -0.2) is 0 Å². The Balaban J connectivity index is 0.00000196. The van der Waals surface area contributed by atoms with Gasteiger partial charge in [-0.1, -0.05) is 12.1 Å². The largest absolute Gasteiger partial charge is 0.480 e. The third-order valence-corrected chi connectivity index (χ3v) is 1.74. The van der Waals surface area contributed by atoms with Gasteiger partial charge in [0.15, 0.2) is 5.78 Å². The molecule has 6 N–H and O–H groups in total. The summed E-state index contributed by atoms with van der Waals surface area (Å²) in [6.45, 7) is 1.26. The molecule has 5 heteroatoms. The van der Waals surface area contributed by atoms with Crippen LogP contribution < -0.4 is 11.5 Å². The first kappa shape index (κ1) is 13.1. The van der Waals surface area contributed by atoms with Crippen LogP contribution in [-0.4, -0.2) is 23.4 Å². The molecule has 0 radical (unpaired) electrons. The molecule has 0 aliphatic rings. The molecule has 0 saturated heterocycles. The molecule has 0 heterocycles. The van der Waals surface area contributed by atoms with E-state index < -0.39 is 5.97 Å². The number of carbonyl (C=O) groups excluding carboxylic acids is 1. The number of rotatable bonds is 4. The number of carboxylic acids is 1. The molecule has 82 valence electrons. The summed E-state index contributed by atoms with van der Waals surface area (Å²) >= 11 is 0. The first-order chi connectivity index (χ1) is 6.61. The minimum Gasteiger partial charge on any atom is -0.480 e. The Morgan fingerprint density at radius 3 is 2.47 bits per heavy atom. The van der Waals surface area contributed by atoms with E-state index in [0.29, 0.717) is 11.3 Å². The molecule has 0 bridgehead atoms. The molecule has 0 unspecified atom stereocenters. The number of carboxylic acid groups (broad SMARTS) is 1. The van der Waals surface area contributed by atoms with Gasteiger partial charge < -0.3 is 16.6 Å². The Bertz CT molecular complexity index is 363. The van der Waals surface area contributed by atoms with Crippen molar-refractivity contribution in [2.45, 2.75) is 6.92 Å². The molecule has 1 rings (SSSR count). The van der Waals surface area contributed by atoms with E-state index in [1.54, 1.807) is 24.3 Å². The Kier molecular flexibility index (Phi) is 5.04. The SMILES string of the molecule is CC(=O)c1ccccc1NCC(=O)O.[NH4+]. The molecular formula is C10H15N2O3+. The van der Waals surface area contributed by atoms with E-state index in [4.69, 9.17) is 5.11 Å². The van der Waals surface area contributed by atoms with Crippen LogP contribution in [0.1, 0.15) is 17.3 Å². The van der Waals surface area contributed by atoms with Gasteiger partial charge in [0, 0.05) is 11.3 Å². The fourth-order valence-electron chi connectivity index (χ4n) is 1.12. The highest BCUT2D eigenvalue weighted by atomic mass is 16.4. The van der Waals surface area contributed by atoms with Crippen LogP contribution in [0.5, 0.6) is 0 Å². The minimum atomic E-state index is -0.955. The Morgan fingerprint density at radius 2 is 1.93 bits per heavy atom. The van der Waals surface area contributed by atoms with E-state index in [1.807, 2.05) is 0 Å². The van der Waals surface area contributed by atoms with Crippen LogP contribution in [0.3, 0.4) is 0 Å². The quantitative estimate of drug-likeness (QED) is 0.660. The summed E-state index contributed by atoms with van der Waals surface area (Å²) in [7, 11) is 0. The Morgan fingerprint density at radius 1 is 1.33 bits per heavy atom. The van der Waals surface area contributed by atoms with Crippen LogP contribution in [0.25, 0.3) is 0 Å². The van der Waals surface area contributed by atoms with Crippen molar-refractivity contribution >= 4 is 17.4 Å². The molecule has 0 amide bonds. The maximum atomic E-state index is 11.1. The van der Waals surface area contributed by atoms with Crippen molar-refractivity contribution in [2.24, 2.45) is 0 Å². The van der Waals surface area contributed by atoms with Gasteiger partial charge in [-0.15, -0.1) is 0 Å². The van der Waals surface area contributed by atoms with Crippen molar-refractivity contribution in [2.75, 3.05) is 11.9 Å². The van der Waals surface area contributed by atoms with Crippen molar-refractivity contribution in [3.05, 3.63) is 29.8 Å². The lowest BCUT2D eigenvalue weighted by atomic mass is 10.1. The predicted octanol–water partition coefficient (Wildman–Crippen LogP) is 1.76. The van der Waals surface area contributed by atoms with Gasteiger partial charge in [0.05, 0.1) is 0 Å². The Hall–Kier alpha value is -1.88. The van der Waals surface area contributed by atoms with Gasteiger partial charge in [-0.3, -0.25) is 9.59 Å². The molecule has 5 nitrogen and oxygen atoms in total. The molecule has 0 fully saturated rings. The molecule has 15 heavy (non-hydrogen) atoms. The number of hydrogen-bond donors (Lipinski definition) is 3. The van der Waals surface area contributed by atoms with Crippen molar-refractivity contribution < 1.29 is 14.7 Å². The third-order valence-electron chi connectivity index (χ3n) is 1.74. The topological polar surface area (TPSA) is 103 Å². The zero-order valence-electron chi connectivity index (χ0n) is 8.78. The van der Waals surface area contributed by atoms with Crippen molar-refractivity contribution in [1.82, 2.24) is 6.15 Å². The smallest absolute Gasteiger partial charge is 0.322 e. The van der Waals surface area contributed by atoms with Gasteiger partial charge in [0.1, 0.15) is 6.54 Å². The van der Waals surface area contributed by atoms with Crippen LogP contribution in [0.4, 0.5) is 5.69 Å². The standard InChI is InChI=1S/C10H11NO3.H3N/c1-7(12)8-4-2-3-5-9(8)11-6-10(13)14;/h2-5,11H,6H2,1H3,(H,13,14);1H3/p+1. The first-order valence-corrected chi connectivity index (χ1v) is 4.17. The van der Waals surface area contributed by atoms with E-state index >= 15 is 0 Å². The maximum Gasteiger partial charge on any atom is 0.322 e. The molecule has 0 aromatic heterocycles. The molecular weight excluding hydrogens is 196 g/mol. The number of nitrogens with one attached hydrogen (secondary N) is 1. The molecule has 0 spiro atoms. The fraction of sp³-hybridized carbons (Fsp3) is 0.200. The normalized spacial score (nSPS) is 8.87. The number of benzene rings is 1. The molecule has 0 saturated carbocycles. The molecule has 0 aliphatic carbocycles. The van der Waals surface area contributed by atoms with Crippen molar-refractivity contribution in [1.29, 1.82) is 0 Å². The lowest BCUT2D eigenvalue weighted by molar-refractivity contribution is -0.134. The van der Waals surface area contributed by atoms with E-state index in [2.05, 4.69) is 5.32 Å². The number of carbonyl (C=O) groups is 2. The monoisotopic (exact) mass is 211 g/mol. The number of ketones is 1. The second-order valence-corrected chi connectivity index (χ2v) is 2.85. The number of para-hydroxylation sites is 1. The highest BCUT2D eigenvalue weighted by Gasteiger charge is 2.06. The van der Waals surface area contributed by atoms with Gasteiger partial charge in [-0.2, -0.15) is 0 Å². The summed E-state index contributed by atoms with van der Waals surface area (Å²) in [6, 6.07) is 6.82. The second-order valence-electron chi connectivity index (χ2n) is 2.85. The lowest BCUT2D eigenvalue weighted by Gasteiger charge is -2.07. The summed E-state index contributed by atoms with van der Waals surface area (Å²) in [5, 5.41) is 11.1. The minimum absolute atomic E-state index is 0. The number of quaternary nitrogens is 1. The van der Waals surface area contributed by atoms with E-state index in [0.717, 1.165) is 0 Å². The Labute approximate surface area is 87.7 Å². The van der Waals surface area contributed by atoms with Gasteiger partial charge >= 0.3 is 5.97 Å². The van der Waals surface area contributed by atoms with E-state index in [-0.39, 0.29) is 18.5 Å². The number of anilines is 1. The van der Waals surface area contributed by atoms with Crippen LogP contribution in [-0.2, 0) is 4.79 Å². The zero-order chi connectivity index (χ0) is 10.6. The number of aliphatic carboxylic acids is 1. The molecule has 1 aromatic carbocycles. The van der Waals surface area contributed by atoms with Gasteiger partial charge in [0.25, 0.3) is 0 Å². The third kappa shape index (κ3) is 3.78. The lowest BCUT2D eigenvalue weighted by Crippen LogP contribution is -2.14. The van der Waals surface area contributed by atoms with E-state index in [9.17, 15) is 9.59 Å². The average molecular weight is 211 g/mol. The van der Waals surface area contributed by atoms with E-state index in [1.165, 1.54) is 6.92 Å². The summed E-state index contributed by atoms with van der Waals surface area (Å²) < 4.78 is 0. The fourth-order valence-corrected chi connectivity index (χ4v) is 1.12. The van der Waals surface area contributed by atoms with Crippen LogP contribution in [0, 0.1) is 0 Å². The van der Waals surface area contributed by atoms with Crippen LogP contribution in [0.2, 0.25) is 0 Å². The maximum absolute atomic E-state index is 11.1. The highest BCUT2D eigenvalue weighted by molar-refractivity contribution is 5.99. The van der Waals surface area contributed by atoms with Gasteiger partial charge in [-0.05, 0) is 19.1 Å².